The number of benzene rings is 1. The van der Waals surface area contributed by atoms with Crippen LogP contribution in [0.4, 0.5) is 5.69 Å². The van der Waals surface area contributed by atoms with E-state index >= 15 is 0 Å². The number of thiocarbonyl (C=S) groups is 1. The molecule has 0 aliphatic heterocycles. The minimum atomic E-state index is -3.80. The van der Waals surface area contributed by atoms with Crippen LogP contribution in [0.1, 0.15) is 11.1 Å². The zero-order valence-electron chi connectivity index (χ0n) is 11.0. The second-order valence-corrected chi connectivity index (χ2v) is 6.80. The van der Waals surface area contributed by atoms with E-state index in [1.54, 1.807) is 19.2 Å². The maximum atomic E-state index is 12.4. The summed E-state index contributed by atoms with van der Waals surface area (Å²) >= 11 is 10.8. The van der Waals surface area contributed by atoms with Crippen LogP contribution in [-0.4, -0.2) is 18.4 Å². The van der Waals surface area contributed by atoms with Gasteiger partial charge < -0.3 is 5.73 Å². The lowest BCUT2D eigenvalue weighted by Crippen LogP contribution is -2.15. The SMILES string of the molecule is Cc1cnccc1NS(=O)(=O)c1ccc(C(N)=S)cc1Cl. The predicted octanol–water partition coefficient (Wildman–Crippen LogP) is 2.48. The Morgan fingerprint density at radius 3 is 2.67 bits per heavy atom. The number of anilines is 1. The first-order valence-electron chi connectivity index (χ1n) is 5.84. The van der Waals surface area contributed by atoms with Crippen molar-refractivity contribution in [3.05, 3.63) is 52.8 Å². The summed E-state index contributed by atoms with van der Waals surface area (Å²) < 4.78 is 27.2. The first-order chi connectivity index (χ1) is 9.81. The molecule has 0 unspecified atom stereocenters. The van der Waals surface area contributed by atoms with Crippen molar-refractivity contribution < 1.29 is 8.42 Å². The average molecular weight is 342 g/mol. The fourth-order valence-electron chi connectivity index (χ4n) is 1.66. The first-order valence-corrected chi connectivity index (χ1v) is 8.11. The lowest BCUT2D eigenvalue weighted by Gasteiger charge is -2.11. The normalized spacial score (nSPS) is 11.1. The maximum Gasteiger partial charge on any atom is 0.263 e. The van der Waals surface area contributed by atoms with E-state index in [1.807, 2.05) is 0 Å². The van der Waals surface area contributed by atoms with E-state index in [1.165, 1.54) is 24.4 Å². The molecule has 0 saturated carbocycles. The molecule has 5 nitrogen and oxygen atoms in total. The summed E-state index contributed by atoms with van der Waals surface area (Å²) in [6.07, 6.45) is 3.07. The number of aryl methyl sites for hydroxylation is 1. The molecule has 2 aromatic rings. The molecule has 0 aliphatic rings. The molecular weight excluding hydrogens is 330 g/mol. The van der Waals surface area contributed by atoms with Gasteiger partial charge in [-0.25, -0.2) is 8.42 Å². The summed E-state index contributed by atoms with van der Waals surface area (Å²) in [5.74, 6) is 0. The molecule has 0 saturated heterocycles. The van der Waals surface area contributed by atoms with Gasteiger partial charge in [-0.05, 0) is 30.7 Å². The number of nitrogens with two attached hydrogens (primary N) is 1. The molecule has 0 radical (unpaired) electrons. The molecular formula is C13H12ClN3O2S2. The van der Waals surface area contributed by atoms with Crippen LogP contribution in [0.5, 0.6) is 0 Å². The molecule has 0 fully saturated rings. The second-order valence-electron chi connectivity index (χ2n) is 4.31. The number of sulfonamides is 1. The maximum absolute atomic E-state index is 12.4. The van der Waals surface area contributed by atoms with Crippen molar-refractivity contribution in [1.82, 2.24) is 4.98 Å². The highest BCUT2D eigenvalue weighted by Crippen LogP contribution is 2.25. The van der Waals surface area contributed by atoms with Crippen LogP contribution < -0.4 is 10.5 Å². The Labute approximate surface area is 133 Å². The molecule has 0 atom stereocenters. The topological polar surface area (TPSA) is 85.1 Å². The Morgan fingerprint density at radius 2 is 2.10 bits per heavy atom. The predicted molar refractivity (Wildman–Crippen MR) is 87.1 cm³/mol. The van der Waals surface area contributed by atoms with Crippen LogP contribution in [0.2, 0.25) is 5.02 Å². The number of rotatable bonds is 4. The van der Waals surface area contributed by atoms with Gasteiger partial charge in [-0.15, -0.1) is 0 Å². The standard InChI is InChI=1S/C13H12ClN3O2S2/c1-8-7-16-5-4-11(8)17-21(18,19)12-3-2-9(13(15)20)6-10(12)14/h2-7H,1H3,(H2,15,20)(H,16,17). The first kappa shape index (κ1) is 15.7. The van der Waals surface area contributed by atoms with Crippen molar-refractivity contribution in [2.75, 3.05) is 4.72 Å². The summed E-state index contributed by atoms with van der Waals surface area (Å²) in [7, 11) is -3.80. The van der Waals surface area contributed by atoms with Crippen LogP contribution in [0.3, 0.4) is 0 Å². The van der Waals surface area contributed by atoms with Gasteiger partial charge in [0.1, 0.15) is 9.88 Å². The largest absolute Gasteiger partial charge is 0.389 e. The Kier molecular flexibility index (Phi) is 4.46. The summed E-state index contributed by atoms with van der Waals surface area (Å²) in [4.78, 5) is 4.02. The third kappa shape index (κ3) is 3.49. The number of hydrogen-bond donors (Lipinski definition) is 2. The Morgan fingerprint density at radius 1 is 1.38 bits per heavy atom. The molecule has 3 N–H and O–H groups in total. The van der Waals surface area contributed by atoms with Gasteiger partial charge in [0, 0.05) is 18.0 Å². The van der Waals surface area contributed by atoms with Crippen molar-refractivity contribution in [2.45, 2.75) is 11.8 Å². The van der Waals surface area contributed by atoms with Crippen LogP contribution in [0.15, 0.2) is 41.6 Å². The van der Waals surface area contributed by atoms with Crippen molar-refractivity contribution in [3.63, 3.8) is 0 Å². The van der Waals surface area contributed by atoms with Gasteiger partial charge in [0.25, 0.3) is 10.0 Å². The van der Waals surface area contributed by atoms with E-state index in [2.05, 4.69) is 9.71 Å². The molecule has 1 aromatic carbocycles. The van der Waals surface area contributed by atoms with Gasteiger partial charge in [0.05, 0.1) is 10.7 Å². The van der Waals surface area contributed by atoms with Crippen molar-refractivity contribution in [3.8, 4) is 0 Å². The lowest BCUT2D eigenvalue weighted by atomic mass is 10.2. The van der Waals surface area contributed by atoms with Crippen LogP contribution in [0.25, 0.3) is 0 Å². The summed E-state index contributed by atoms with van der Waals surface area (Å²) in [6.45, 7) is 1.75. The molecule has 0 spiro atoms. The molecule has 0 amide bonds. The molecule has 8 heteroatoms. The van der Waals surface area contributed by atoms with E-state index in [0.29, 0.717) is 16.8 Å². The Balaban J connectivity index is 2.41. The van der Waals surface area contributed by atoms with Crippen molar-refractivity contribution in [2.24, 2.45) is 5.73 Å². The Bertz CT molecular complexity index is 807. The highest BCUT2D eigenvalue weighted by Gasteiger charge is 2.19. The highest BCUT2D eigenvalue weighted by atomic mass is 35.5. The zero-order chi connectivity index (χ0) is 15.6. The third-order valence-corrected chi connectivity index (χ3v) is 4.85. The monoisotopic (exact) mass is 341 g/mol. The van der Waals surface area contributed by atoms with Gasteiger partial charge in [-0.2, -0.15) is 0 Å². The lowest BCUT2D eigenvalue weighted by molar-refractivity contribution is 0.601. The fourth-order valence-corrected chi connectivity index (χ4v) is 3.46. The van der Waals surface area contributed by atoms with E-state index < -0.39 is 10.0 Å². The summed E-state index contributed by atoms with van der Waals surface area (Å²) in [6, 6.07) is 5.89. The van der Waals surface area contributed by atoms with Gasteiger partial charge in [-0.3, -0.25) is 9.71 Å². The molecule has 2 rings (SSSR count). The van der Waals surface area contributed by atoms with Gasteiger partial charge >= 0.3 is 0 Å². The van der Waals surface area contributed by atoms with Gasteiger partial charge in [0.15, 0.2) is 0 Å². The number of nitrogens with one attached hydrogen (secondary N) is 1. The fraction of sp³-hybridized carbons (Fsp3) is 0.0769. The molecule has 1 aromatic heterocycles. The molecule has 1 heterocycles. The van der Waals surface area contributed by atoms with Gasteiger partial charge in [0.2, 0.25) is 0 Å². The zero-order valence-corrected chi connectivity index (χ0v) is 13.4. The number of aromatic nitrogens is 1. The summed E-state index contributed by atoms with van der Waals surface area (Å²) in [5.41, 5.74) is 7.14. The van der Waals surface area contributed by atoms with E-state index in [0.717, 1.165) is 0 Å². The number of hydrogen-bond acceptors (Lipinski definition) is 4. The second kappa shape index (κ2) is 5.97. The molecule has 21 heavy (non-hydrogen) atoms. The van der Waals surface area contributed by atoms with Crippen molar-refractivity contribution in [1.29, 1.82) is 0 Å². The smallest absolute Gasteiger partial charge is 0.263 e. The quantitative estimate of drug-likeness (QED) is 0.834. The Hall–Kier alpha value is -1.70. The van der Waals surface area contributed by atoms with Crippen LogP contribution in [0, 0.1) is 6.92 Å². The number of nitrogens with zero attached hydrogens (tertiary/aromatic N) is 1. The van der Waals surface area contributed by atoms with E-state index in [4.69, 9.17) is 29.6 Å². The molecule has 110 valence electrons. The molecule has 0 bridgehead atoms. The minimum Gasteiger partial charge on any atom is -0.389 e. The third-order valence-electron chi connectivity index (χ3n) is 2.77. The summed E-state index contributed by atoms with van der Waals surface area (Å²) in [5, 5.41) is 0.0551. The highest BCUT2D eigenvalue weighted by molar-refractivity contribution is 7.92. The van der Waals surface area contributed by atoms with Crippen LogP contribution in [-0.2, 0) is 10.0 Å². The van der Waals surface area contributed by atoms with Crippen LogP contribution >= 0.6 is 23.8 Å². The average Bonchev–Trinajstić information content (AvgIpc) is 2.40. The molecule has 0 aliphatic carbocycles. The minimum absolute atomic E-state index is 0.0413. The van der Waals surface area contributed by atoms with Crippen molar-refractivity contribution >= 4 is 44.5 Å². The van der Waals surface area contributed by atoms with Gasteiger partial charge in [-0.1, -0.05) is 29.9 Å². The number of halogens is 1. The number of pyridine rings is 1. The van der Waals surface area contributed by atoms with E-state index in [9.17, 15) is 8.42 Å². The van der Waals surface area contributed by atoms with E-state index in [-0.39, 0.29) is 14.9 Å².